The summed E-state index contributed by atoms with van der Waals surface area (Å²) in [5.41, 5.74) is -0.935. The lowest BCUT2D eigenvalue weighted by Gasteiger charge is -2.28. The van der Waals surface area contributed by atoms with Crippen molar-refractivity contribution in [3.8, 4) is 0 Å². The van der Waals surface area contributed by atoms with Crippen LogP contribution < -0.4 is 5.32 Å². The number of nitrogens with one attached hydrogen (secondary N) is 1. The van der Waals surface area contributed by atoms with Crippen LogP contribution in [0.1, 0.15) is 83.5 Å². The number of likely N-dealkylation sites (N-methyl/N-ethyl adjacent to an activating group) is 1. The zero-order valence-electron chi connectivity index (χ0n) is 15.2. The second kappa shape index (κ2) is 7.96. The molecule has 136 valence electrons. The van der Waals surface area contributed by atoms with Crippen molar-refractivity contribution in [2.45, 2.75) is 77.4 Å². The third-order valence-electron chi connectivity index (χ3n) is 4.38. The Morgan fingerprint density at radius 1 is 1.42 bits per heavy atom. The van der Waals surface area contributed by atoms with Gasteiger partial charge in [0.2, 0.25) is 5.89 Å². The molecule has 0 aliphatic heterocycles. The summed E-state index contributed by atoms with van der Waals surface area (Å²) in [5.74, 6) is 1.57. The molecule has 24 heavy (non-hydrogen) atoms. The van der Waals surface area contributed by atoms with Gasteiger partial charge in [-0.1, -0.05) is 24.4 Å². The van der Waals surface area contributed by atoms with E-state index in [0.29, 0.717) is 18.4 Å². The zero-order valence-corrected chi connectivity index (χ0v) is 15.2. The van der Waals surface area contributed by atoms with Gasteiger partial charge in [-0.25, -0.2) is 4.79 Å². The first-order chi connectivity index (χ1) is 11.3. The van der Waals surface area contributed by atoms with Crippen LogP contribution in [0.5, 0.6) is 0 Å². The van der Waals surface area contributed by atoms with Crippen LogP contribution in [0.4, 0.5) is 4.79 Å². The third-order valence-corrected chi connectivity index (χ3v) is 4.38. The van der Waals surface area contributed by atoms with Gasteiger partial charge in [0, 0.05) is 12.5 Å². The average Bonchev–Trinajstić information content (AvgIpc) is 3.02. The Hall–Kier alpha value is -1.63. The molecule has 1 unspecified atom stereocenters. The molecule has 1 saturated carbocycles. The Balaban J connectivity index is 1.94. The molecule has 2 N–H and O–H groups in total. The number of aromatic nitrogens is 2. The highest BCUT2D eigenvalue weighted by atomic mass is 16.5. The number of nitrogens with zero attached hydrogens (tertiary/aromatic N) is 3. The van der Waals surface area contributed by atoms with Crippen LogP contribution in [-0.2, 0) is 0 Å². The minimum absolute atomic E-state index is 0.246. The van der Waals surface area contributed by atoms with Crippen molar-refractivity contribution < 1.29 is 14.4 Å². The van der Waals surface area contributed by atoms with Crippen molar-refractivity contribution in [1.82, 2.24) is 20.4 Å². The molecule has 0 aromatic carbocycles. The highest BCUT2D eigenvalue weighted by Crippen LogP contribution is 2.31. The fourth-order valence-electron chi connectivity index (χ4n) is 3.08. The Bertz CT molecular complexity index is 532. The van der Waals surface area contributed by atoms with E-state index in [1.807, 2.05) is 13.8 Å². The van der Waals surface area contributed by atoms with Crippen LogP contribution in [0.3, 0.4) is 0 Å². The van der Waals surface area contributed by atoms with E-state index in [2.05, 4.69) is 15.5 Å². The van der Waals surface area contributed by atoms with Gasteiger partial charge in [0.05, 0.1) is 12.1 Å². The van der Waals surface area contributed by atoms with E-state index in [1.165, 1.54) is 19.3 Å². The molecule has 1 aromatic rings. The third kappa shape index (κ3) is 5.19. The maximum Gasteiger partial charge on any atom is 0.318 e. The van der Waals surface area contributed by atoms with Crippen LogP contribution in [-0.4, -0.2) is 44.9 Å². The molecular formula is C17H30N4O3. The summed E-state index contributed by atoms with van der Waals surface area (Å²) in [6.07, 6.45) is 5.91. The number of amides is 2. The van der Waals surface area contributed by atoms with Gasteiger partial charge in [-0.15, -0.1) is 0 Å². The summed E-state index contributed by atoms with van der Waals surface area (Å²) in [6.45, 7) is 7.85. The quantitative estimate of drug-likeness (QED) is 0.832. The van der Waals surface area contributed by atoms with Crippen molar-refractivity contribution in [1.29, 1.82) is 0 Å². The Kier molecular flexibility index (Phi) is 6.21. The SMILES string of the molecule is CCN(CC(C)(C)O)C(=O)NC(C)c1nc(C2CCCCC2)no1. The van der Waals surface area contributed by atoms with Gasteiger partial charge in [0.15, 0.2) is 5.82 Å². The number of rotatable bonds is 6. The van der Waals surface area contributed by atoms with Crippen LogP contribution in [0.15, 0.2) is 4.52 Å². The maximum atomic E-state index is 12.4. The van der Waals surface area contributed by atoms with Crippen LogP contribution in [0, 0.1) is 0 Å². The Morgan fingerprint density at radius 2 is 2.08 bits per heavy atom. The first-order valence-electron chi connectivity index (χ1n) is 8.91. The molecule has 0 bridgehead atoms. The molecule has 1 aromatic heterocycles. The molecule has 1 atom stereocenters. The van der Waals surface area contributed by atoms with Gasteiger partial charge in [-0.05, 0) is 40.5 Å². The van der Waals surface area contributed by atoms with Gasteiger partial charge in [0.25, 0.3) is 0 Å². The summed E-state index contributed by atoms with van der Waals surface area (Å²) in [7, 11) is 0. The fraction of sp³-hybridized carbons (Fsp3) is 0.824. The van der Waals surface area contributed by atoms with Crippen LogP contribution in [0.25, 0.3) is 0 Å². The van der Waals surface area contributed by atoms with Crippen molar-refractivity contribution in [2.24, 2.45) is 0 Å². The first kappa shape index (κ1) is 18.7. The number of hydrogen-bond acceptors (Lipinski definition) is 5. The first-order valence-corrected chi connectivity index (χ1v) is 8.91. The summed E-state index contributed by atoms with van der Waals surface area (Å²) in [6, 6.07) is -0.609. The monoisotopic (exact) mass is 338 g/mol. The lowest BCUT2D eigenvalue weighted by atomic mass is 9.89. The number of urea groups is 1. The molecule has 1 aliphatic carbocycles. The Labute approximate surface area is 143 Å². The number of aliphatic hydroxyl groups is 1. The average molecular weight is 338 g/mol. The van der Waals surface area contributed by atoms with Gasteiger partial charge in [-0.3, -0.25) is 0 Å². The van der Waals surface area contributed by atoms with E-state index < -0.39 is 5.60 Å². The predicted octanol–water partition coefficient (Wildman–Crippen LogP) is 2.98. The smallest absolute Gasteiger partial charge is 0.318 e. The molecule has 0 spiro atoms. The van der Waals surface area contributed by atoms with Crippen molar-refractivity contribution >= 4 is 6.03 Å². The zero-order chi connectivity index (χ0) is 17.7. The lowest BCUT2D eigenvalue weighted by molar-refractivity contribution is 0.0475. The molecular weight excluding hydrogens is 308 g/mol. The molecule has 1 heterocycles. The molecule has 7 heteroatoms. The molecule has 1 aliphatic rings. The second-order valence-electron chi connectivity index (χ2n) is 7.32. The maximum absolute atomic E-state index is 12.4. The molecule has 0 radical (unpaired) electrons. The van der Waals surface area contributed by atoms with Gasteiger partial charge >= 0.3 is 6.03 Å². The standard InChI is InChI=1S/C17H30N4O3/c1-5-21(11-17(3,4)23)16(22)18-12(2)15-19-14(20-24-15)13-9-7-6-8-10-13/h12-13,23H,5-11H2,1-4H3,(H,18,22). The summed E-state index contributed by atoms with van der Waals surface area (Å²) in [5, 5.41) is 16.9. The van der Waals surface area contributed by atoms with Crippen molar-refractivity contribution in [3.05, 3.63) is 11.7 Å². The van der Waals surface area contributed by atoms with E-state index >= 15 is 0 Å². The minimum Gasteiger partial charge on any atom is -0.389 e. The van der Waals surface area contributed by atoms with E-state index in [0.717, 1.165) is 18.7 Å². The van der Waals surface area contributed by atoms with E-state index in [1.54, 1.807) is 18.7 Å². The lowest BCUT2D eigenvalue weighted by Crippen LogP contribution is -2.47. The number of carbonyl (C=O) groups is 1. The predicted molar refractivity (Wildman–Crippen MR) is 90.6 cm³/mol. The molecule has 2 rings (SSSR count). The molecule has 1 fully saturated rings. The van der Waals surface area contributed by atoms with E-state index in [-0.39, 0.29) is 18.6 Å². The largest absolute Gasteiger partial charge is 0.389 e. The summed E-state index contributed by atoms with van der Waals surface area (Å²) in [4.78, 5) is 18.4. The summed E-state index contributed by atoms with van der Waals surface area (Å²) < 4.78 is 5.35. The van der Waals surface area contributed by atoms with Gasteiger partial charge < -0.3 is 19.8 Å². The second-order valence-corrected chi connectivity index (χ2v) is 7.32. The van der Waals surface area contributed by atoms with Crippen LogP contribution in [0.2, 0.25) is 0 Å². The van der Waals surface area contributed by atoms with Crippen molar-refractivity contribution in [3.63, 3.8) is 0 Å². The van der Waals surface area contributed by atoms with Gasteiger partial charge in [0.1, 0.15) is 6.04 Å². The molecule has 2 amide bonds. The topological polar surface area (TPSA) is 91.5 Å². The van der Waals surface area contributed by atoms with Crippen molar-refractivity contribution in [2.75, 3.05) is 13.1 Å². The number of hydrogen-bond donors (Lipinski definition) is 2. The normalized spacial score (nSPS) is 17.5. The highest BCUT2D eigenvalue weighted by Gasteiger charge is 2.26. The highest BCUT2D eigenvalue weighted by molar-refractivity contribution is 5.74. The molecule has 0 saturated heterocycles. The van der Waals surface area contributed by atoms with Gasteiger partial charge in [-0.2, -0.15) is 4.98 Å². The number of carbonyl (C=O) groups excluding carboxylic acids is 1. The van der Waals surface area contributed by atoms with E-state index in [4.69, 9.17) is 4.52 Å². The fourth-order valence-corrected chi connectivity index (χ4v) is 3.08. The van der Waals surface area contributed by atoms with Crippen LogP contribution >= 0.6 is 0 Å². The Morgan fingerprint density at radius 3 is 2.67 bits per heavy atom. The summed E-state index contributed by atoms with van der Waals surface area (Å²) >= 11 is 0. The minimum atomic E-state index is -0.935. The molecule has 7 nitrogen and oxygen atoms in total. The van der Waals surface area contributed by atoms with E-state index in [9.17, 15) is 9.90 Å².